The van der Waals surface area contributed by atoms with Crippen molar-refractivity contribution >= 4 is 17.6 Å². The zero-order chi connectivity index (χ0) is 18.9. The number of nitrogens with zero attached hydrogens (tertiary/aromatic N) is 1. The lowest BCUT2D eigenvalue weighted by Crippen LogP contribution is -2.30. The van der Waals surface area contributed by atoms with Crippen LogP contribution < -0.4 is 15.2 Å². The maximum atomic E-state index is 6.32. The second kappa shape index (κ2) is 6.82. The molecule has 28 heavy (non-hydrogen) atoms. The normalized spacial score (nSPS) is 15.4. The first-order valence-corrected chi connectivity index (χ1v) is 9.43. The highest BCUT2D eigenvalue weighted by atomic mass is 16.5. The molecule has 0 radical (unpaired) electrons. The van der Waals surface area contributed by atoms with Crippen molar-refractivity contribution in [2.24, 2.45) is 0 Å². The van der Waals surface area contributed by atoms with E-state index in [9.17, 15) is 0 Å². The van der Waals surface area contributed by atoms with E-state index in [4.69, 9.17) is 4.74 Å². The van der Waals surface area contributed by atoms with Crippen LogP contribution in [0.2, 0.25) is 0 Å². The lowest BCUT2D eigenvalue weighted by Gasteiger charge is -2.19. The number of allylic oxidation sites excluding steroid dienone is 4. The van der Waals surface area contributed by atoms with Gasteiger partial charge >= 0.3 is 0 Å². The molecule has 2 heterocycles. The van der Waals surface area contributed by atoms with E-state index >= 15 is 0 Å². The molecule has 3 aromatic rings. The second-order valence-electron chi connectivity index (χ2n) is 6.95. The molecule has 0 fully saturated rings. The minimum Gasteiger partial charge on any atom is -0.456 e. The summed E-state index contributed by atoms with van der Waals surface area (Å²) in [5.41, 5.74) is 4.45. The van der Waals surface area contributed by atoms with Gasteiger partial charge in [0.25, 0.3) is 0 Å². The van der Waals surface area contributed by atoms with Gasteiger partial charge in [-0.2, -0.15) is 4.58 Å². The highest BCUT2D eigenvalue weighted by Gasteiger charge is 2.23. The Labute approximate surface area is 164 Å². The monoisotopic (exact) mass is 362 g/mol. The van der Waals surface area contributed by atoms with E-state index in [2.05, 4.69) is 78.4 Å². The number of benzene rings is 3. The Balaban J connectivity index is 1.72. The van der Waals surface area contributed by atoms with Crippen LogP contribution in [0.3, 0.4) is 0 Å². The van der Waals surface area contributed by atoms with Gasteiger partial charge in [-0.1, -0.05) is 72.8 Å². The van der Waals surface area contributed by atoms with E-state index in [0.29, 0.717) is 0 Å². The van der Waals surface area contributed by atoms with Gasteiger partial charge in [-0.25, -0.2) is 0 Å². The van der Waals surface area contributed by atoms with E-state index in [1.165, 1.54) is 16.3 Å². The summed E-state index contributed by atoms with van der Waals surface area (Å²) in [5.74, 6) is 1.73. The van der Waals surface area contributed by atoms with Crippen molar-refractivity contribution in [2.75, 3.05) is 7.05 Å². The molecule has 0 saturated carbocycles. The molecular formula is C26H20NO+. The third-order valence-electron chi connectivity index (χ3n) is 5.16. The molecule has 2 nitrogen and oxygen atoms in total. The zero-order valence-electron chi connectivity index (χ0n) is 15.7. The Bertz CT molecular complexity index is 1210. The van der Waals surface area contributed by atoms with Gasteiger partial charge in [-0.05, 0) is 18.2 Å². The Morgan fingerprint density at radius 1 is 0.607 bits per heavy atom. The van der Waals surface area contributed by atoms with Gasteiger partial charge in [-0.3, -0.25) is 0 Å². The molecule has 0 amide bonds. The molecule has 0 aromatic heterocycles. The third kappa shape index (κ3) is 2.89. The Kier molecular flexibility index (Phi) is 4.02. The molecule has 0 aliphatic carbocycles. The molecule has 0 spiro atoms. The highest BCUT2D eigenvalue weighted by molar-refractivity contribution is 5.79. The SMILES string of the molecule is C[N+]1=c2ccccc2=CC1=C1C=C(c2ccccc2)OC(c2ccccc2)=C1. The average Bonchev–Trinajstić information content (AvgIpc) is 3.11. The summed E-state index contributed by atoms with van der Waals surface area (Å²) in [7, 11) is 2.12. The van der Waals surface area contributed by atoms with Crippen LogP contribution in [0.1, 0.15) is 11.1 Å². The minimum absolute atomic E-state index is 0.863. The minimum atomic E-state index is 0.863. The van der Waals surface area contributed by atoms with Crippen LogP contribution in [0.4, 0.5) is 0 Å². The van der Waals surface area contributed by atoms with Gasteiger partial charge in [0.05, 0.1) is 10.8 Å². The topological polar surface area (TPSA) is 12.2 Å². The van der Waals surface area contributed by atoms with Crippen LogP contribution in [-0.4, -0.2) is 7.05 Å². The van der Waals surface area contributed by atoms with E-state index in [1.54, 1.807) is 0 Å². The highest BCUT2D eigenvalue weighted by Crippen LogP contribution is 2.33. The molecular weight excluding hydrogens is 342 g/mol. The molecule has 0 N–H and O–H groups in total. The van der Waals surface area contributed by atoms with Crippen LogP contribution in [0.15, 0.2) is 108 Å². The van der Waals surface area contributed by atoms with Gasteiger partial charge in [0.1, 0.15) is 18.6 Å². The molecule has 3 aromatic carbocycles. The van der Waals surface area contributed by atoms with Crippen molar-refractivity contribution < 1.29 is 4.74 Å². The molecule has 2 heteroatoms. The number of fused-ring (bicyclic) bond motifs is 1. The zero-order valence-corrected chi connectivity index (χ0v) is 15.7. The van der Waals surface area contributed by atoms with Crippen LogP contribution in [0.5, 0.6) is 0 Å². The standard InChI is InChI=1S/C26H20NO/c1-27-23-15-9-8-14-21(23)16-24(27)22-17-25(19-10-4-2-5-11-19)28-26(18-22)20-12-6-3-7-13-20/h2-18H,1H3/q+1. The van der Waals surface area contributed by atoms with Crippen molar-refractivity contribution in [1.82, 2.24) is 4.58 Å². The van der Waals surface area contributed by atoms with Crippen LogP contribution in [0.25, 0.3) is 17.6 Å². The van der Waals surface area contributed by atoms with E-state index in [1.807, 2.05) is 36.4 Å². The summed E-state index contributed by atoms with van der Waals surface area (Å²) < 4.78 is 8.56. The molecule has 0 unspecified atom stereocenters. The Morgan fingerprint density at radius 3 is 1.71 bits per heavy atom. The van der Waals surface area contributed by atoms with Crippen molar-refractivity contribution in [2.45, 2.75) is 0 Å². The molecule has 0 saturated heterocycles. The lowest BCUT2D eigenvalue weighted by atomic mass is 10.0. The fourth-order valence-electron chi connectivity index (χ4n) is 3.70. The van der Waals surface area contributed by atoms with Crippen LogP contribution in [0, 0.1) is 0 Å². The maximum Gasteiger partial charge on any atom is 0.213 e. The number of ether oxygens (including phenoxy) is 1. The number of hydrogen-bond donors (Lipinski definition) is 0. The van der Waals surface area contributed by atoms with Gasteiger partial charge in [0, 0.05) is 23.3 Å². The van der Waals surface area contributed by atoms with E-state index < -0.39 is 0 Å². The Hall–Kier alpha value is -3.65. The number of hydrogen-bond acceptors (Lipinski definition) is 1. The van der Waals surface area contributed by atoms with E-state index in [-0.39, 0.29) is 0 Å². The molecule has 2 aliphatic heterocycles. The molecule has 5 rings (SSSR count). The fraction of sp³-hybridized carbons (Fsp3) is 0.0385. The van der Waals surface area contributed by atoms with Gasteiger partial charge in [-0.15, -0.1) is 0 Å². The Morgan fingerprint density at radius 2 is 1.14 bits per heavy atom. The summed E-state index contributed by atoms with van der Waals surface area (Å²) in [6.45, 7) is 0. The smallest absolute Gasteiger partial charge is 0.213 e. The van der Waals surface area contributed by atoms with Gasteiger partial charge in [0.2, 0.25) is 11.1 Å². The summed E-state index contributed by atoms with van der Waals surface area (Å²) in [6.07, 6.45) is 6.51. The number of para-hydroxylation sites is 1. The number of rotatable bonds is 2. The van der Waals surface area contributed by atoms with Crippen molar-refractivity contribution in [3.63, 3.8) is 0 Å². The van der Waals surface area contributed by atoms with Crippen molar-refractivity contribution in [3.05, 3.63) is 130 Å². The summed E-state index contributed by atoms with van der Waals surface area (Å²) in [6, 6.07) is 29.0. The van der Waals surface area contributed by atoms with Crippen molar-refractivity contribution in [3.8, 4) is 0 Å². The second-order valence-corrected chi connectivity index (χ2v) is 6.95. The fourth-order valence-corrected chi connectivity index (χ4v) is 3.70. The third-order valence-corrected chi connectivity index (χ3v) is 5.16. The van der Waals surface area contributed by atoms with E-state index in [0.717, 1.165) is 28.2 Å². The van der Waals surface area contributed by atoms with Crippen LogP contribution >= 0.6 is 0 Å². The molecule has 0 atom stereocenters. The quantitative estimate of drug-likeness (QED) is 0.629. The predicted molar refractivity (Wildman–Crippen MR) is 114 cm³/mol. The molecule has 134 valence electrons. The summed E-state index contributed by atoms with van der Waals surface area (Å²) in [5, 5.41) is 2.46. The van der Waals surface area contributed by atoms with Crippen molar-refractivity contribution in [1.29, 1.82) is 0 Å². The van der Waals surface area contributed by atoms with Gasteiger partial charge < -0.3 is 4.74 Å². The first-order valence-electron chi connectivity index (χ1n) is 9.43. The molecule has 0 bridgehead atoms. The summed E-state index contributed by atoms with van der Waals surface area (Å²) >= 11 is 0. The summed E-state index contributed by atoms with van der Waals surface area (Å²) in [4.78, 5) is 0. The lowest BCUT2D eigenvalue weighted by molar-refractivity contribution is 0.466. The first-order chi connectivity index (χ1) is 13.8. The van der Waals surface area contributed by atoms with Gasteiger partial charge in [0.15, 0.2) is 0 Å². The maximum absolute atomic E-state index is 6.32. The largest absolute Gasteiger partial charge is 0.456 e. The first kappa shape index (κ1) is 16.5. The molecule has 2 aliphatic rings. The average molecular weight is 362 g/mol. The van der Waals surface area contributed by atoms with Crippen LogP contribution in [-0.2, 0) is 4.74 Å². The predicted octanol–water partition coefficient (Wildman–Crippen LogP) is 3.97.